The molecule has 19 heavy (non-hydrogen) atoms. The molecular formula is C14H10BrClF2O. The standard InChI is InChI=1S/C14H10BrClF2O/c15-10-5-2-4-9(14(10)18)12(19)7-8-3-1-6-11(16)13(8)17/h1-6,12,19H,7H2. The molecule has 0 amide bonds. The van der Waals surface area contributed by atoms with Crippen LogP contribution in [-0.2, 0) is 6.42 Å². The van der Waals surface area contributed by atoms with E-state index < -0.39 is 17.7 Å². The normalized spacial score (nSPS) is 12.5. The van der Waals surface area contributed by atoms with Crippen molar-refractivity contribution in [1.29, 1.82) is 0 Å². The first-order valence-electron chi connectivity index (χ1n) is 5.55. The van der Waals surface area contributed by atoms with Crippen LogP contribution < -0.4 is 0 Å². The molecule has 0 bridgehead atoms. The highest BCUT2D eigenvalue weighted by Crippen LogP contribution is 2.28. The molecule has 0 saturated heterocycles. The summed E-state index contributed by atoms with van der Waals surface area (Å²) in [4.78, 5) is 0. The fourth-order valence-electron chi connectivity index (χ4n) is 1.80. The third kappa shape index (κ3) is 3.14. The molecule has 5 heteroatoms. The number of hydrogen-bond acceptors (Lipinski definition) is 1. The van der Waals surface area contributed by atoms with Gasteiger partial charge < -0.3 is 5.11 Å². The Morgan fingerprint density at radius 2 is 1.79 bits per heavy atom. The van der Waals surface area contributed by atoms with Crippen LogP contribution in [0.4, 0.5) is 8.78 Å². The van der Waals surface area contributed by atoms with Gasteiger partial charge in [-0.25, -0.2) is 8.78 Å². The molecule has 100 valence electrons. The predicted molar refractivity (Wildman–Crippen MR) is 74.2 cm³/mol. The molecule has 1 unspecified atom stereocenters. The van der Waals surface area contributed by atoms with Crippen molar-refractivity contribution in [2.45, 2.75) is 12.5 Å². The van der Waals surface area contributed by atoms with Crippen molar-refractivity contribution < 1.29 is 13.9 Å². The van der Waals surface area contributed by atoms with Gasteiger partial charge in [-0.05, 0) is 33.6 Å². The van der Waals surface area contributed by atoms with E-state index in [1.165, 1.54) is 24.3 Å². The predicted octanol–water partition coefficient (Wildman–Crippen LogP) is 4.66. The molecule has 1 N–H and O–H groups in total. The van der Waals surface area contributed by atoms with E-state index in [0.717, 1.165) is 0 Å². The maximum absolute atomic E-state index is 13.8. The van der Waals surface area contributed by atoms with Gasteiger partial charge in [0, 0.05) is 12.0 Å². The van der Waals surface area contributed by atoms with Crippen LogP contribution in [-0.4, -0.2) is 5.11 Å². The molecule has 2 aromatic rings. The van der Waals surface area contributed by atoms with E-state index in [4.69, 9.17) is 11.6 Å². The summed E-state index contributed by atoms with van der Waals surface area (Å²) >= 11 is 8.71. The maximum Gasteiger partial charge on any atom is 0.145 e. The van der Waals surface area contributed by atoms with Crippen molar-refractivity contribution in [3.63, 3.8) is 0 Å². The first kappa shape index (κ1) is 14.4. The molecule has 0 fully saturated rings. The van der Waals surface area contributed by atoms with E-state index in [1.807, 2.05) is 0 Å². The summed E-state index contributed by atoms with van der Waals surface area (Å²) in [5.41, 5.74) is 0.369. The van der Waals surface area contributed by atoms with Crippen LogP contribution in [0.5, 0.6) is 0 Å². The number of rotatable bonds is 3. The quantitative estimate of drug-likeness (QED) is 0.856. The first-order chi connectivity index (χ1) is 9.00. The Hall–Kier alpha value is -0.970. The lowest BCUT2D eigenvalue weighted by molar-refractivity contribution is 0.172. The summed E-state index contributed by atoms with van der Waals surface area (Å²) < 4.78 is 27.8. The van der Waals surface area contributed by atoms with Crippen LogP contribution in [0.2, 0.25) is 5.02 Å². The molecule has 0 saturated carbocycles. The first-order valence-corrected chi connectivity index (χ1v) is 6.72. The van der Waals surface area contributed by atoms with Crippen LogP contribution in [0, 0.1) is 11.6 Å². The highest BCUT2D eigenvalue weighted by Gasteiger charge is 2.17. The smallest absolute Gasteiger partial charge is 0.145 e. The number of aliphatic hydroxyl groups excluding tert-OH is 1. The van der Waals surface area contributed by atoms with Gasteiger partial charge in [-0.1, -0.05) is 35.9 Å². The van der Waals surface area contributed by atoms with E-state index in [1.54, 1.807) is 12.1 Å². The lowest BCUT2D eigenvalue weighted by atomic mass is 10.0. The second kappa shape index (κ2) is 5.99. The Bertz CT molecular complexity index is 604. The highest BCUT2D eigenvalue weighted by molar-refractivity contribution is 9.10. The van der Waals surface area contributed by atoms with Crippen LogP contribution in [0.1, 0.15) is 17.2 Å². The zero-order valence-corrected chi connectivity index (χ0v) is 12.0. The Morgan fingerprint density at radius 1 is 1.11 bits per heavy atom. The largest absolute Gasteiger partial charge is 0.388 e. The van der Waals surface area contributed by atoms with Gasteiger partial charge in [0.05, 0.1) is 15.6 Å². The zero-order chi connectivity index (χ0) is 14.0. The van der Waals surface area contributed by atoms with Gasteiger partial charge in [-0.3, -0.25) is 0 Å². The fraction of sp³-hybridized carbons (Fsp3) is 0.143. The molecule has 0 heterocycles. The van der Waals surface area contributed by atoms with Gasteiger partial charge >= 0.3 is 0 Å². The molecule has 0 spiro atoms. The number of hydrogen-bond donors (Lipinski definition) is 1. The average molecular weight is 348 g/mol. The molecule has 0 aromatic heterocycles. The molecule has 2 rings (SSSR count). The molecule has 1 nitrogen and oxygen atoms in total. The van der Waals surface area contributed by atoms with E-state index >= 15 is 0 Å². The molecular weight excluding hydrogens is 338 g/mol. The van der Waals surface area contributed by atoms with E-state index in [0.29, 0.717) is 0 Å². The number of aliphatic hydroxyl groups is 1. The Balaban J connectivity index is 2.28. The number of halogens is 4. The average Bonchev–Trinajstić information content (AvgIpc) is 2.38. The molecule has 1 atom stereocenters. The minimum absolute atomic E-state index is 0.0144. The lowest BCUT2D eigenvalue weighted by Gasteiger charge is -2.13. The molecule has 0 aliphatic rings. The summed E-state index contributed by atoms with van der Waals surface area (Å²) in [6.07, 6.45) is -1.18. The van der Waals surface area contributed by atoms with Crippen molar-refractivity contribution in [1.82, 2.24) is 0 Å². The topological polar surface area (TPSA) is 20.2 Å². The summed E-state index contributed by atoms with van der Waals surface area (Å²) in [7, 11) is 0. The molecule has 0 aliphatic heterocycles. The van der Waals surface area contributed by atoms with Gasteiger partial charge in [0.15, 0.2) is 0 Å². The Labute approximate surface area is 123 Å². The summed E-state index contributed by atoms with van der Waals surface area (Å²) in [6.45, 7) is 0. The third-order valence-electron chi connectivity index (χ3n) is 2.79. The fourth-order valence-corrected chi connectivity index (χ4v) is 2.38. The van der Waals surface area contributed by atoms with Gasteiger partial charge in [-0.2, -0.15) is 0 Å². The van der Waals surface area contributed by atoms with Gasteiger partial charge in [0.25, 0.3) is 0 Å². The van der Waals surface area contributed by atoms with Crippen molar-refractivity contribution >= 4 is 27.5 Å². The van der Waals surface area contributed by atoms with Gasteiger partial charge in [0.1, 0.15) is 11.6 Å². The second-order valence-electron chi connectivity index (χ2n) is 4.08. The second-order valence-corrected chi connectivity index (χ2v) is 5.34. The maximum atomic E-state index is 13.8. The summed E-state index contributed by atoms with van der Waals surface area (Å²) in [5.74, 6) is -1.13. The van der Waals surface area contributed by atoms with Crippen molar-refractivity contribution in [3.05, 3.63) is 68.7 Å². The zero-order valence-electron chi connectivity index (χ0n) is 9.71. The van der Waals surface area contributed by atoms with Crippen molar-refractivity contribution in [2.75, 3.05) is 0 Å². The van der Waals surface area contributed by atoms with Gasteiger partial charge in [-0.15, -0.1) is 0 Å². The SMILES string of the molecule is OC(Cc1cccc(Cl)c1F)c1cccc(Br)c1F. The Kier molecular flexibility index (Phi) is 4.55. The third-order valence-corrected chi connectivity index (χ3v) is 3.69. The van der Waals surface area contributed by atoms with Crippen LogP contribution >= 0.6 is 27.5 Å². The van der Waals surface area contributed by atoms with Crippen molar-refractivity contribution in [3.8, 4) is 0 Å². The molecule has 0 aliphatic carbocycles. The van der Waals surface area contributed by atoms with Crippen molar-refractivity contribution in [2.24, 2.45) is 0 Å². The lowest BCUT2D eigenvalue weighted by Crippen LogP contribution is -2.06. The Morgan fingerprint density at radius 3 is 2.53 bits per heavy atom. The molecule has 2 aromatic carbocycles. The van der Waals surface area contributed by atoms with Gasteiger partial charge in [0.2, 0.25) is 0 Å². The van der Waals surface area contributed by atoms with E-state index in [2.05, 4.69) is 15.9 Å². The summed E-state index contributed by atoms with van der Waals surface area (Å²) in [5, 5.41) is 10.0. The van der Waals surface area contributed by atoms with E-state index in [-0.39, 0.29) is 27.0 Å². The number of benzene rings is 2. The molecule has 0 radical (unpaired) electrons. The highest BCUT2D eigenvalue weighted by atomic mass is 79.9. The minimum atomic E-state index is -1.13. The van der Waals surface area contributed by atoms with Crippen LogP contribution in [0.25, 0.3) is 0 Å². The minimum Gasteiger partial charge on any atom is -0.388 e. The van der Waals surface area contributed by atoms with Crippen LogP contribution in [0.3, 0.4) is 0 Å². The van der Waals surface area contributed by atoms with Crippen LogP contribution in [0.15, 0.2) is 40.9 Å². The summed E-state index contributed by atoms with van der Waals surface area (Å²) in [6, 6.07) is 9.14. The van der Waals surface area contributed by atoms with E-state index in [9.17, 15) is 13.9 Å². The monoisotopic (exact) mass is 346 g/mol.